The Bertz CT molecular complexity index is 1300. The first-order chi connectivity index (χ1) is 12.6. The maximum absolute atomic E-state index is 13.1. The molecule has 0 aliphatic rings. The number of halogens is 1. The van der Waals surface area contributed by atoms with Gasteiger partial charge in [-0.3, -0.25) is 9.20 Å². The van der Waals surface area contributed by atoms with Gasteiger partial charge in [0.05, 0.1) is 21.8 Å². The van der Waals surface area contributed by atoms with Crippen molar-refractivity contribution in [1.29, 1.82) is 5.26 Å². The second-order valence-electron chi connectivity index (χ2n) is 5.89. The van der Waals surface area contributed by atoms with E-state index in [9.17, 15) is 10.1 Å². The van der Waals surface area contributed by atoms with E-state index in [2.05, 4.69) is 39.0 Å². The number of anilines is 1. The summed E-state index contributed by atoms with van der Waals surface area (Å²) in [5.41, 5.74) is 3.52. The second-order valence-corrected chi connectivity index (χ2v) is 7.13. The number of para-hydroxylation sites is 2. The summed E-state index contributed by atoms with van der Waals surface area (Å²) in [6, 6.07) is 17.4. The van der Waals surface area contributed by atoms with Crippen LogP contribution in [0.5, 0.6) is 0 Å². The molecule has 0 radical (unpaired) electrons. The SMILES string of the molecule is Cc1c(C#N)c2nc3ccccc3n2c(=O)/c1=C/Nc1ccc(I)cc1. The van der Waals surface area contributed by atoms with E-state index in [1.54, 1.807) is 13.1 Å². The van der Waals surface area contributed by atoms with E-state index in [4.69, 9.17) is 0 Å². The highest BCUT2D eigenvalue weighted by Gasteiger charge is 2.15. The van der Waals surface area contributed by atoms with Crippen molar-refractivity contribution >= 4 is 51.2 Å². The summed E-state index contributed by atoms with van der Waals surface area (Å²) in [6.45, 7) is 1.78. The van der Waals surface area contributed by atoms with E-state index in [1.165, 1.54) is 4.40 Å². The van der Waals surface area contributed by atoms with Gasteiger partial charge in [-0.15, -0.1) is 0 Å². The third kappa shape index (κ3) is 2.61. The zero-order valence-corrected chi connectivity index (χ0v) is 16.0. The Morgan fingerprint density at radius 3 is 2.65 bits per heavy atom. The van der Waals surface area contributed by atoms with Crippen molar-refractivity contribution in [3.05, 3.63) is 78.8 Å². The third-order valence-electron chi connectivity index (χ3n) is 4.34. The molecule has 0 bridgehead atoms. The maximum atomic E-state index is 13.1. The van der Waals surface area contributed by atoms with Crippen molar-refractivity contribution in [2.24, 2.45) is 0 Å². The molecule has 0 fully saturated rings. The van der Waals surface area contributed by atoms with Crippen LogP contribution in [-0.4, -0.2) is 9.38 Å². The smallest absolute Gasteiger partial charge is 0.265 e. The first-order valence-electron chi connectivity index (χ1n) is 7.96. The van der Waals surface area contributed by atoms with Crippen LogP contribution in [0.3, 0.4) is 0 Å². The molecule has 0 saturated carbocycles. The minimum Gasteiger partial charge on any atom is -0.361 e. The van der Waals surface area contributed by atoms with Gasteiger partial charge in [-0.05, 0) is 71.5 Å². The van der Waals surface area contributed by atoms with Gasteiger partial charge in [-0.1, -0.05) is 12.1 Å². The van der Waals surface area contributed by atoms with Crippen molar-refractivity contribution in [2.45, 2.75) is 6.92 Å². The maximum Gasteiger partial charge on any atom is 0.265 e. The van der Waals surface area contributed by atoms with E-state index in [0.717, 1.165) is 9.26 Å². The van der Waals surface area contributed by atoms with Gasteiger partial charge in [0.15, 0.2) is 5.65 Å². The van der Waals surface area contributed by atoms with Crippen molar-refractivity contribution in [1.82, 2.24) is 9.38 Å². The predicted molar refractivity (Wildman–Crippen MR) is 111 cm³/mol. The standard InChI is InChI=1S/C20H13IN4O/c1-12-15(10-22)19-24-17-4-2-3-5-18(17)25(19)20(26)16(12)11-23-14-8-6-13(21)7-9-14/h2-9,11,23H,1H3/b16-11+. The van der Waals surface area contributed by atoms with Gasteiger partial charge < -0.3 is 5.32 Å². The average molecular weight is 452 g/mol. The zero-order valence-electron chi connectivity index (χ0n) is 13.8. The number of nitriles is 1. The molecule has 2 heterocycles. The predicted octanol–water partition coefficient (Wildman–Crippen LogP) is 3.20. The molecule has 6 heteroatoms. The Kier molecular flexibility index (Phi) is 4.09. The minimum atomic E-state index is -0.191. The lowest BCUT2D eigenvalue weighted by molar-refractivity contribution is 1.10. The van der Waals surface area contributed by atoms with E-state index in [-0.39, 0.29) is 5.56 Å². The van der Waals surface area contributed by atoms with Gasteiger partial charge >= 0.3 is 0 Å². The lowest BCUT2D eigenvalue weighted by Gasteiger charge is -2.04. The van der Waals surface area contributed by atoms with Crippen LogP contribution in [0.2, 0.25) is 0 Å². The quantitative estimate of drug-likeness (QED) is 0.475. The van der Waals surface area contributed by atoms with E-state index >= 15 is 0 Å². The molecule has 5 nitrogen and oxygen atoms in total. The Morgan fingerprint density at radius 2 is 1.92 bits per heavy atom. The van der Waals surface area contributed by atoms with Crippen molar-refractivity contribution in [2.75, 3.05) is 5.32 Å². The van der Waals surface area contributed by atoms with E-state index in [1.807, 2.05) is 48.5 Å². The number of fused-ring (bicyclic) bond motifs is 3. The number of hydrogen-bond acceptors (Lipinski definition) is 4. The van der Waals surface area contributed by atoms with Crippen LogP contribution in [0.1, 0.15) is 11.1 Å². The summed E-state index contributed by atoms with van der Waals surface area (Å²) in [4.78, 5) is 17.6. The Morgan fingerprint density at radius 1 is 1.19 bits per heavy atom. The molecule has 2 aromatic carbocycles. The topological polar surface area (TPSA) is 70.2 Å². The fraction of sp³-hybridized carbons (Fsp3) is 0.0500. The lowest BCUT2D eigenvalue weighted by Crippen LogP contribution is -2.34. The second kappa shape index (κ2) is 6.42. The molecule has 4 aromatic rings. The summed E-state index contributed by atoms with van der Waals surface area (Å²) in [5.74, 6) is 0. The molecule has 0 amide bonds. The molecular weight excluding hydrogens is 439 g/mol. The van der Waals surface area contributed by atoms with Crippen LogP contribution >= 0.6 is 22.6 Å². The van der Waals surface area contributed by atoms with Crippen LogP contribution < -0.4 is 16.1 Å². The zero-order chi connectivity index (χ0) is 18.3. The highest BCUT2D eigenvalue weighted by Crippen LogP contribution is 2.17. The first-order valence-corrected chi connectivity index (χ1v) is 9.04. The average Bonchev–Trinajstić information content (AvgIpc) is 3.03. The van der Waals surface area contributed by atoms with Crippen LogP contribution in [0.15, 0.2) is 53.3 Å². The van der Waals surface area contributed by atoms with E-state index < -0.39 is 0 Å². The number of imidazole rings is 1. The molecule has 0 saturated heterocycles. The highest BCUT2D eigenvalue weighted by atomic mass is 127. The van der Waals surface area contributed by atoms with Gasteiger partial charge in [0, 0.05) is 15.5 Å². The van der Waals surface area contributed by atoms with Crippen LogP contribution in [-0.2, 0) is 0 Å². The third-order valence-corrected chi connectivity index (χ3v) is 5.06. The van der Waals surface area contributed by atoms with Crippen molar-refractivity contribution in [3.63, 3.8) is 0 Å². The summed E-state index contributed by atoms with van der Waals surface area (Å²) >= 11 is 2.24. The fourth-order valence-electron chi connectivity index (χ4n) is 2.99. The molecule has 0 atom stereocenters. The van der Waals surface area contributed by atoms with Gasteiger partial charge in [-0.25, -0.2) is 4.98 Å². The normalized spacial score (nSPS) is 11.8. The van der Waals surface area contributed by atoms with Gasteiger partial charge in [0.1, 0.15) is 6.07 Å². The molecule has 0 spiro atoms. The minimum absolute atomic E-state index is 0.191. The number of nitrogens with zero attached hydrogens (tertiary/aromatic N) is 3. The number of nitrogens with one attached hydrogen (secondary N) is 1. The number of benzene rings is 2. The molecule has 126 valence electrons. The molecule has 0 aliphatic heterocycles. The molecule has 0 unspecified atom stereocenters. The van der Waals surface area contributed by atoms with Gasteiger partial charge in [-0.2, -0.15) is 5.26 Å². The Balaban J connectivity index is 2.01. The van der Waals surface area contributed by atoms with Crippen LogP contribution in [0.4, 0.5) is 5.69 Å². The van der Waals surface area contributed by atoms with E-state index in [0.29, 0.717) is 33.0 Å². The summed E-state index contributed by atoms with van der Waals surface area (Å²) < 4.78 is 2.65. The van der Waals surface area contributed by atoms with Crippen molar-refractivity contribution < 1.29 is 0 Å². The Labute approximate surface area is 162 Å². The molecule has 1 N–H and O–H groups in total. The largest absolute Gasteiger partial charge is 0.361 e. The number of hydrogen-bond donors (Lipinski definition) is 1. The lowest BCUT2D eigenvalue weighted by atomic mass is 10.1. The molecule has 2 aromatic heterocycles. The highest BCUT2D eigenvalue weighted by molar-refractivity contribution is 14.1. The van der Waals surface area contributed by atoms with Crippen LogP contribution in [0, 0.1) is 21.8 Å². The van der Waals surface area contributed by atoms with Gasteiger partial charge in [0.25, 0.3) is 5.56 Å². The summed E-state index contributed by atoms with van der Waals surface area (Å²) in [6.07, 6.45) is 1.66. The number of aromatic nitrogens is 2. The molecule has 4 rings (SSSR count). The summed E-state index contributed by atoms with van der Waals surface area (Å²) in [5, 5.41) is 13.2. The molecule has 26 heavy (non-hydrogen) atoms. The number of pyridine rings is 1. The van der Waals surface area contributed by atoms with Crippen molar-refractivity contribution in [3.8, 4) is 6.07 Å². The molecular formula is C20H13IN4O. The monoisotopic (exact) mass is 452 g/mol. The summed E-state index contributed by atoms with van der Waals surface area (Å²) in [7, 11) is 0. The number of rotatable bonds is 2. The van der Waals surface area contributed by atoms with Crippen LogP contribution in [0.25, 0.3) is 22.9 Å². The first kappa shape index (κ1) is 16.5. The fourth-order valence-corrected chi connectivity index (χ4v) is 3.35. The molecule has 0 aliphatic carbocycles. The van der Waals surface area contributed by atoms with Gasteiger partial charge in [0.2, 0.25) is 0 Å². The Hall–Kier alpha value is -2.92.